The van der Waals surface area contributed by atoms with Gasteiger partial charge in [0.05, 0.1) is 42.2 Å². The fraction of sp³-hybridized carbons (Fsp3) is 0.120. The first-order valence-electron chi connectivity index (χ1n) is 10.4. The number of amides is 1. The molecule has 0 atom stereocenters. The number of hydrogen-bond donors (Lipinski definition) is 1. The highest BCUT2D eigenvalue weighted by Gasteiger charge is 2.13. The highest BCUT2D eigenvalue weighted by atomic mass is 35.5. The van der Waals surface area contributed by atoms with Gasteiger partial charge in [-0.1, -0.05) is 59.8 Å². The summed E-state index contributed by atoms with van der Waals surface area (Å²) < 4.78 is 6.76. The number of ether oxygens (including phenoxy) is 1. The quantitative estimate of drug-likeness (QED) is 0.166. The van der Waals surface area contributed by atoms with Crippen LogP contribution in [0, 0.1) is 0 Å². The smallest absolute Gasteiger partial charge is 0.337 e. The number of thioether (sulfide) groups is 1. The second kappa shape index (κ2) is 11.0. The molecule has 0 fully saturated rings. The first kappa shape index (κ1) is 23.5. The van der Waals surface area contributed by atoms with Gasteiger partial charge in [0.15, 0.2) is 5.16 Å². The summed E-state index contributed by atoms with van der Waals surface area (Å²) in [5.74, 6) is -0.504. The van der Waals surface area contributed by atoms with Gasteiger partial charge in [-0.15, -0.1) is 0 Å². The van der Waals surface area contributed by atoms with Gasteiger partial charge in [-0.2, -0.15) is 5.10 Å². The lowest BCUT2D eigenvalue weighted by Gasteiger charge is -2.09. The molecule has 0 bridgehead atoms. The van der Waals surface area contributed by atoms with E-state index < -0.39 is 5.97 Å². The number of hydrazone groups is 1. The monoisotopic (exact) mass is 492 g/mol. The second-order valence-electron chi connectivity index (χ2n) is 7.29. The molecule has 0 aliphatic heterocycles. The van der Waals surface area contributed by atoms with E-state index in [4.69, 9.17) is 16.6 Å². The van der Waals surface area contributed by atoms with Crippen LogP contribution in [0.15, 0.2) is 83.1 Å². The molecule has 0 aliphatic carbocycles. The van der Waals surface area contributed by atoms with Crippen molar-refractivity contribution >= 4 is 52.5 Å². The molecule has 3 aromatic carbocycles. The molecular weight excluding hydrogens is 472 g/mol. The molecule has 4 rings (SSSR count). The Morgan fingerprint density at radius 2 is 1.82 bits per heavy atom. The van der Waals surface area contributed by atoms with Crippen molar-refractivity contribution in [1.82, 2.24) is 15.0 Å². The molecule has 172 valence electrons. The average molecular weight is 493 g/mol. The zero-order valence-corrected chi connectivity index (χ0v) is 19.8. The van der Waals surface area contributed by atoms with Crippen LogP contribution in [-0.4, -0.2) is 40.5 Å². The summed E-state index contributed by atoms with van der Waals surface area (Å²) in [7, 11) is 1.33. The summed E-state index contributed by atoms with van der Waals surface area (Å²) in [5, 5.41) is 5.43. The Balaban J connectivity index is 1.39. The van der Waals surface area contributed by atoms with Crippen molar-refractivity contribution in [3.63, 3.8) is 0 Å². The lowest BCUT2D eigenvalue weighted by Crippen LogP contribution is -2.20. The predicted octanol–water partition coefficient (Wildman–Crippen LogP) is 4.77. The van der Waals surface area contributed by atoms with Crippen molar-refractivity contribution in [1.29, 1.82) is 0 Å². The first-order valence-corrected chi connectivity index (χ1v) is 11.7. The Morgan fingerprint density at radius 1 is 1.09 bits per heavy atom. The number of hydrogen-bond acceptors (Lipinski definition) is 6. The van der Waals surface area contributed by atoms with Gasteiger partial charge in [-0.3, -0.25) is 4.79 Å². The van der Waals surface area contributed by atoms with Crippen molar-refractivity contribution in [2.75, 3.05) is 12.9 Å². The highest BCUT2D eigenvalue weighted by molar-refractivity contribution is 7.99. The summed E-state index contributed by atoms with van der Waals surface area (Å²) in [6.45, 7) is 0.612. The lowest BCUT2D eigenvalue weighted by atomic mass is 10.1. The summed E-state index contributed by atoms with van der Waals surface area (Å²) in [5.41, 5.74) is 6.66. The molecule has 34 heavy (non-hydrogen) atoms. The summed E-state index contributed by atoms with van der Waals surface area (Å²) in [6.07, 6.45) is 1.51. The third-order valence-electron chi connectivity index (χ3n) is 4.94. The topological polar surface area (TPSA) is 85.6 Å². The zero-order valence-electron chi connectivity index (χ0n) is 18.3. The van der Waals surface area contributed by atoms with Crippen molar-refractivity contribution in [2.45, 2.75) is 11.7 Å². The van der Waals surface area contributed by atoms with E-state index in [1.165, 1.54) is 25.1 Å². The number of esters is 1. The summed E-state index contributed by atoms with van der Waals surface area (Å²) in [4.78, 5) is 28.5. The first-order chi connectivity index (χ1) is 16.5. The normalized spacial score (nSPS) is 11.1. The molecule has 0 radical (unpaired) electrons. The summed E-state index contributed by atoms with van der Waals surface area (Å²) >= 11 is 7.36. The van der Waals surface area contributed by atoms with E-state index in [2.05, 4.69) is 19.8 Å². The molecule has 0 spiro atoms. The van der Waals surface area contributed by atoms with Crippen LogP contribution in [0.2, 0.25) is 5.02 Å². The average Bonchev–Trinajstić information content (AvgIpc) is 3.21. The molecule has 0 unspecified atom stereocenters. The number of carbonyl (C=O) groups excluding carboxylic acids is 2. The van der Waals surface area contributed by atoms with Crippen LogP contribution < -0.4 is 5.43 Å². The Hall–Kier alpha value is -3.62. The molecule has 1 N–H and O–H groups in total. The molecule has 9 heteroatoms. The molecule has 0 saturated heterocycles. The molecular formula is C25H21ClN4O3S. The number of aromatic nitrogens is 2. The maximum atomic E-state index is 12.4. The predicted molar refractivity (Wildman–Crippen MR) is 135 cm³/mol. The number of methoxy groups -OCH3 is 1. The van der Waals surface area contributed by atoms with E-state index in [0.29, 0.717) is 17.1 Å². The minimum atomic E-state index is -0.407. The van der Waals surface area contributed by atoms with E-state index in [0.717, 1.165) is 27.3 Å². The highest BCUT2D eigenvalue weighted by Crippen LogP contribution is 2.25. The minimum absolute atomic E-state index is 0.155. The van der Waals surface area contributed by atoms with Gasteiger partial charge in [0.25, 0.3) is 5.91 Å². The Kier molecular flexibility index (Phi) is 7.61. The number of halogens is 1. The molecule has 0 aliphatic rings. The largest absolute Gasteiger partial charge is 0.465 e. The van der Waals surface area contributed by atoms with Gasteiger partial charge in [0, 0.05) is 5.02 Å². The lowest BCUT2D eigenvalue weighted by molar-refractivity contribution is -0.118. The minimum Gasteiger partial charge on any atom is -0.465 e. The van der Waals surface area contributed by atoms with E-state index in [1.807, 2.05) is 48.5 Å². The van der Waals surface area contributed by atoms with Crippen LogP contribution in [0.5, 0.6) is 0 Å². The number of fused-ring (bicyclic) bond motifs is 1. The fourth-order valence-electron chi connectivity index (χ4n) is 3.25. The number of rotatable bonds is 8. The van der Waals surface area contributed by atoms with Crippen LogP contribution in [0.1, 0.15) is 21.5 Å². The van der Waals surface area contributed by atoms with Crippen LogP contribution in [-0.2, 0) is 16.1 Å². The Morgan fingerprint density at radius 3 is 2.56 bits per heavy atom. The van der Waals surface area contributed by atoms with Crippen LogP contribution in [0.3, 0.4) is 0 Å². The Bertz CT molecular complexity index is 1330. The van der Waals surface area contributed by atoms with Crippen molar-refractivity contribution < 1.29 is 14.3 Å². The molecule has 1 amide bonds. The van der Waals surface area contributed by atoms with Gasteiger partial charge < -0.3 is 9.30 Å². The van der Waals surface area contributed by atoms with E-state index in [1.54, 1.807) is 24.3 Å². The van der Waals surface area contributed by atoms with E-state index in [9.17, 15) is 9.59 Å². The molecule has 1 aromatic heterocycles. The summed E-state index contributed by atoms with van der Waals surface area (Å²) in [6, 6.07) is 22.2. The number of carbonyl (C=O) groups is 2. The molecule has 1 heterocycles. The third kappa shape index (κ3) is 5.84. The van der Waals surface area contributed by atoms with Crippen LogP contribution in [0.4, 0.5) is 0 Å². The van der Waals surface area contributed by atoms with Gasteiger partial charge in [-0.25, -0.2) is 15.2 Å². The number of benzene rings is 3. The van der Waals surface area contributed by atoms with Gasteiger partial charge in [0.1, 0.15) is 0 Å². The van der Waals surface area contributed by atoms with Crippen LogP contribution in [0.25, 0.3) is 11.0 Å². The number of imidazole rings is 1. The van der Waals surface area contributed by atoms with E-state index in [-0.39, 0.29) is 11.7 Å². The number of nitrogens with zero attached hydrogens (tertiary/aromatic N) is 3. The van der Waals surface area contributed by atoms with Crippen molar-refractivity contribution in [3.05, 3.63) is 94.5 Å². The van der Waals surface area contributed by atoms with Crippen LogP contribution >= 0.6 is 23.4 Å². The number of para-hydroxylation sites is 2. The zero-order chi connectivity index (χ0) is 23.9. The molecule has 4 aromatic rings. The van der Waals surface area contributed by atoms with Crippen molar-refractivity contribution in [3.8, 4) is 0 Å². The fourth-order valence-corrected chi connectivity index (χ4v) is 4.19. The van der Waals surface area contributed by atoms with E-state index >= 15 is 0 Å². The molecule has 7 nitrogen and oxygen atoms in total. The number of nitrogens with one attached hydrogen (secondary N) is 1. The van der Waals surface area contributed by atoms with Gasteiger partial charge >= 0.3 is 5.97 Å². The standard InChI is InChI=1S/C25H21ClN4O3S/c1-33-24(32)19-10-6-17(7-11-19)14-27-29-23(31)16-34-25-28-21-4-2-3-5-22(21)30(25)15-18-8-12-20(26)13-9-18/h2-14H,15-16H2,1H3,(H,29,31)/b27-14+. The van der Waals surface area contributed by atoms with Crippen molar-refractivity contribution in [2.24, 2.45) is 5.10 Å². The second-order valence-corrected chi connectivity index (χ2v) is 8.67. The Labute approximate surface area is 205 Å². The maximum absolute atomic E-state index is 12.4. The third-order valence-corrected chi connectivity index (χ3v) is 6.17. The molecule has 0 saturated carbocycles. The maximum Gasteiger partial charge on any atom is 0.337 e. The van der Waals surface area contributed by atoms with Gasteiger partial charge in [0.2, 0.25) is 0 Å². The SMILES string of the molecule is COC(=O)c1ccc(/C=N/NC(=O)CSc2nc3ccccc3n2Cc2ccc(Cl)cc2)cc1. The van der Waals surface area contributed by atoms with Gasteiger partial charge in [-0.05, 0) is 47.5 Å².